The molecule has 0 bridgehead atoms. The van der Waals surface area contributed by atoms with Crippen molar-refractivity contribution in [1.29, 1.82) is 0 Å². The number of halogens is 1. The molecule has 1 saturated heterocycles. The van der Waals surface area contributed by atoms with Crippen LogP contribution in [0.5, 0.6) is 11.5 Å². The lowest BCUT2D eigenvalue weighted by atomic mass is 9.97. The Bertz CT molecular complexity index is 1090. The van der Waals surface area contributed by atoms with E-state index in [0.29, 0.717) is 41.0 Å². The summed E-state index contributed by atoms with van der Waals surface area (Å²) >= 11 is 0. The van der Waals surface area contributed by atoms with Gasteiger partial charge in [-0.2, -0.15) is 4.98 Å². The van der Waals surface area contributed by atoms with Gasteiger partial charge in [-0.25, -0.2) is 4.39 Å². The number of benzene rings is 2. The van der Waals surface area contributed by atoms with Gasteiger partial charge in [0.05, 0.1) is 6.54 Å². The monoisotopic (exact) mass is 424 g/mol. The number of nitrogens with zero attached hydrogens (tertiary/aromatic N) is 3. The summed E-state index contributed by atoms with van der Waals surface area (Å²) in [5, 5.41) is 6.89. The Kier molecular flexibility index (Phi) is 5.25. The average Bonchev–Trinajstić information content (AvgIpc) is 3.44. The molecule has 0 radical (unpaired) electrons. The number of aromatic nitrogens is 2. The smallest absolute Gasteiger partial charge is 0.238 e. The van der Waals surface area contributed by atoms with E-state index in [1.165, 1.54) is 12.1 Å². The number of amides is 1. The standard InChI is InChI=1S/C22H21FN4O4/c23-16-3-1-2-15(10-16)21-25-22(31-26-21)14-6-8-27(9-7-14)12-20(28)24-17-4-5-18-19(11-17)30-13-29-18/h1-5,10-11,14H,6-9,12-13H2,(H,24,28). The molecule has 1 aromatic heterocycles. The topological polar surface area (TPSA) is 89.7 Å². The number of carbonyl (C=O) groups is 1. The Morgan fingerprint density at radius 2 is 1.97 bits per heavy atom. The first-order valence-corrected chi connectivity index (χ1v) is 10.2. The third-order valence-electron chi connectivity index (χ3n) is 5.48. The predicted octanol–water partition coefficient (Wildman–Crippen LogP) is 3.42. The summed E-state index contributed by atoms with van der Waals surface area (Å²) in [6, 6.07) is 11.5. The zero-order valence-electron chi connectivity index (χ0n) is 16.7. The SMILES string of the molecule is O=C(CN1CCC(c2nc(-c3cccc(F)c3)no2)CC1)Nc1ccc2c(c1)OCO2. The lowest BCUT2D eigenvalue weighted by Crippen LogP contribution is -2.38. The quantitative estimate of drug-likeness (QED) is 0.671. The fraction of sp³-hybridized carbons (Fsp3) is 0.318. The van der Waals surface area contributed by atoms with Gasteiger partial charge in [-0.1, -0.05) is 17.3 Å². The summed E-state index contributed by atoms with van der Waals surface area (Å²) in [6.07, 6.45) is 1.62. The molecule has 0 aliphatic carbocycles. The predicted molar refractivity (Wildman–Crippen MR) is 109 cm³/mol. The van der Waals surface area contributed by atoms with Gasteiger partial charge in [0.2, 0.25) is 24.4 Å². The summed E-state index contributed by atoms with van der Waals surface area (Å²) in [5.41, 5.74) is 1.27. The summed E-state index contributed by atoms with van der Waals surface area (Å²) < 4.78 is 29.5. The van der Waals surface area contributed by atoms with Crippen LogP contribution >= 0.6 is 0 Å². The Morgan fingerprint density at radius 1 is 1.13 bits per heavy atom. The van der Waals surface area contributed by atoms with Gasteiger partial charge in [-0.15, -0.1) is 0 Å². The van der Waals surface area contributed by atoms with E-state index in [-0.39, 0.29) is 24.4 Å². The molecule has 0 unspecified atom stereocenters. The molecule has 9 heteroatoms. The second-order valence-corrected chi connectivity index (χ2v) is 7.63. The van der Waals surface area contributed by atoms with Crippen molar-refractivity contribution in [2.24, 2.45) is 0 Å². The molecule has 2 aliphatic heterocycles. The maximum atomic E-state index is 13.4. The molecule has 3 aromatic rings. The molecule has 0 spiro atoms. The number of carbonyl (C=O) groups excluding carboxylic acids is 1. The first-order chi connectivity index (χ1) is 15.1. The van der Waals surface area contributed by atoms with Crippen LogP contribution in [0.1, 0.15) is 24.7 Å². The van der Waals surface area contributed by atoms with Crippen LogP contribution in [0.4, 0.5) is 10.1 Å². The maximum absolute atomic E-state index is 13.4. The summed E-state index contributed by atoms with van der Waals surface area (Å²) in [6.45, 7) is 2.00. The number of anilines is 1. The van der Waals surface area contributed by atoms with E-state index < -0.39 is 0 Å². The van der Waals surface area contributed by atoms with Crippen LogP contribution in [0.25, 0.3) is 11.4 Å². The number of fused-ring (bicyclic) bond motifs is 1. The Balaban J connectivity index is 1.13. The van der Waals surface area contributed by atoms with Crippen molar-refractivity contribution in [2.45, 2.75) is 18.8 Å². The number of ether oxygens (including phenoxy) is 2. The highest BCUT2D eigenvalue weighted by Gasteiger charge is 2.26. The van der Waals surface area contributed by atoms with Gasteiger partial charge >= 0.3 is 0 Å². The van der Waals surface area contributed by atoms with Crippen LogP contribution in [0.2, 0.25) is 0 Å². The molecule has 0 saturated carbocycles. The van der Waals surface area contributed by atoms with Crippen molar-refractivity contribution in [2.75, 3.05) is 31.7 Å². The molecule has 160 valence electrons. The maximum Gasteiger partial charge on any atom is 0.238 e. The van der Waals surface area contributed by atoms with Gasteiger partial charge in [0.25, 0.3) is 0 Å². The molecule has 5 rings (SSSR count). The molecule has 1 N–H and O–H groups in total. The van der Waals surface area contributed by atoms with Crippen LogP contribution < -0.4 is 14.8 Å². The summed E-state index contributed by atoms with van der Waals surface area (Å²) in [4.78, 5) is 19.0. The van der Waals surface area contributed by atoms with Crippen LogP contribution in [0, 0.1) is 5.82 Å². The van der Waals surface area contributed by atoms with E-state index in [1.807, 2.05) is 0 Å². The largest absolute Gasteiger partial charge is 0.454 e. The minimum atomic E-state index is -0.337. The van der Waals surface area contributed by atoms with Crippen molar-refractivity contribution in [3.8, 4) is 22.9 Å². The van der Waals surface area contributed by atoms with Gasteiger partial charge < -0.3 is 19.3 Å². The molecule has 0 atom stereocenters. The van der Waals surface area contributed by atoms with Crippen LogP contribution in [-0.4, -0.2) is 47.4 Å². The van der Waals surface area contributed by atoms with Gasteiger partial charge in [-0.3, -0.25) is 9.69 Å². The van der Waals surface area contributed by atoms with Crippen LogP contribution in [0.3, 0.4) is 0 Å². The van der Waals surface area contributed by atoms with Crippen LogP contribution in [0.15, 0.2) is 47.0 Å². The second-order valence-electron chi connectivity index (χ2n) is 7.63. The van der Waals surface area contributed by atoms with E-state index in [1.54, 1.807) is 30.3 Å². The lowest BCUT2D eigenvalue weighted by molar-refractivity contribution is -0.117. The van der Waals surface area contributed by atoms with E-state index >= 15 is 0 Å². The average molecular weight is 424 g/mol. The highest BCUT2D eigenvalue weighted by atomic mass is 19.1. The third kappa shape index (κ3) is 4.36. The first kappa shape index (κ1) is 19.5. The molecule has 1 fully saturated rings. The molecule has 2 aliphatic rings. The summed E-state index contributed by atoms with van der Waals surface area (Å²) in [7, 11) is 0. The first-order valence-electron chi connectivity index (χ1n) is 10.2. The molecule has 1 amide bonds. The highest BCUT2D eigenvalue weighted by molar-refractivity contribution is 5.92. The minimum absolute atomic E-state index is 0.0801. The van der Waals surface area contributed by atoms with E-state index in [4.69, 9.17) is 14.0 Å². The Morgan fingerprint density at radius 3 is 2.81 bits per heavy atom. The van der Waals surface area contributed by atoms with Crippen molar-refractivity contribution < 1.29 is 23.2 Å². The second kappa shape index (κ2) is 8.35. The van der Waals surface area contributed by atoms with Gasteiger partial charge in [0, 0.05) is 23.2 Å². The van der Waals surface area contributed by atoms with Gasteiger partial charge in [-0.05, 0) is 50.2 Å². The number of likely N-dealkylation sites (tertiary alicyclic amines) is 1. The summed E-state index contributed by atoms with van der Waals surface area (Å²) in [5.74, 6) is 1.98. The number of nitrogens with one attached hydrogen (secondary N) is 1. The fourth-order valence-corrected chi connectivity index (χ4v) is 3.86. The number of hydrogen-bond acceptors (Lipinski definition) is 7. The highest BCUT2D eigenvalue weighted by Crippen LogP contribution is 2.34. The molecule has 8 nitrogen and oxygen atoms in total. The van der Waals surface area contributed by atoms with Crippen molar-refractivity contribution in [3.05, 3.63) is 54.2 Å². The Hall–Kier alpha value is -3.46. The zero-order valence-corrected chi connectivity index (χ0v) is 16.7. The number of rotatable bonds is 5. The van der Waals surface area contributed by atoms with Gasteiger partial charge in [0.1, 0.15) is 5.82 Å². The van der Waals surface area contributed by atoms with E-state index in [0.717, 1.165) is 25.9 Å². The molecule has 2 aromatic carbocycles. The molecule has 3 heterocycles. The molecular formula is C22H21FN4O4. The lowest BCUT2D eigenvalue weighted by Gasteiger charge is -2.29. The van der Waals surface area contributed by atoms with Crippen molar-refractivity contribution >= 4 is 11.6 Å². The minimum Gasteiger partial charge on any atom is -0.454 e. The number of hydrogen-bond donors (Lipinski definition) is 1. The normalized spacial score (nSPS) is 16.4. The van der Waals surface area contributed by atoms with E-state index in [9.17, 15) is 9.18 Å². The molecule has 31 heavy (non-hydrogen) atoms. The Labute approximate surface area is 178 Å². The van der Waals surface area contributed by atoms with Crippen molar-refractivity contribution in [3.63, 3.8) is 0 Å². The molecular weight excluding hydrogens is 403 g/mol. The van der Waals surface area contributed by atoms with Crippen LogP contribution in [-0.2, 0) is 4.79 Å². The fourth-order valence-electron chi connectivity index (χ4n) is 3.86. The number of piperidine rings is 1. The zero-order chi connectivity index (χ0) is 21.2. The van der Waals surface area contributed by atoms with Gasteiger partial charge in [0.15, 0.2) is 11.5 Å². The van der Waals surface area contributed by atoms with Crippen molar-refractivity contribution in [1.82, 2.24) is 15.0 Å². The van der Waals surface area contributed by atoms with E-state index in [2.05, 4.69) is 20.4 Å². The third-order valence-corrected chi connectivity index (χ3v) is 5.48.